The fraction of sp³-hybridized carbons (Fsp3) is 0.174. The molecule has 0 saturated heterocycles. The Morgan fingerprint density at radius 2 is 1.75 bits per heavy atom. The summed E-state index contributed by atoms with van der Waals surface area (Å²) in [4.78, 5) is 12.0. The standard InChI is InChI=1S/C23H22BrClN2O4S/c1-15-7-3-6-10-21(15)32(29,30)27-20-12-11-16(24)13-18(20)23(26-14-22(28)31-2)17-8-4-5-9-19(17)25/h3-13,23,26-27H,14H2,1-2H3/t23-/m1/s1. The van der Waals surface area contributed by atoms with Crippen LogP contribution in [-0.2, 0) is 19.6 Å². The highest BCUT2D eigenvalue weighted by atomic mass is 79.9. The zero-order valence-corrected chi connectivity index (χ0v) is 20.6. The van der Waals surface area contributed by atoms with Gasteiger partial charge in [-0.15, -0.1) is 0 Å². The van der Waals surface area contributed by atoms with Gasteiger partial charge in [-0.05, 0) is 53.9 Å². The minimum Gasteiger partial charge on any atom is -0.468 e. The van der Waals surface area contributed by atoms with Crippen LogP contribution in [0.5, 0.6) is 0 Å². The molecule has 6 nitrogen and oxygen atoms in total. The van der Waals surface area contributed by atoms with Gasteiger partial charge in [0.15, 0.2) is 0 Å². The number of halogens is 2. The topological polar surface area (TPSA) is 84.5 Å². The van der Waals surface area contributed by atoms with Crippen LogP contribution >= 0.6 is 27.5 Å². The zero-order chi connectivity index (χ0) is 23.3. The van der Waals surface area contributed by atoms with Crippen molar-refractivity contribution in [3.05, 3.63) is 92.9 Å². The summed E-state index contributed by atoms with van der Waals surface area (Å²) in [5, 5.41) is 3.61. The molecule has 0 aromatic heterocycles. The molecule has 0 aliphatic rings. The molecule has 0 aliphatic carbocycles. The molecule has 0 spiro atoms. The molecule has 1 atom stereocenters. The first-order chi connectivity index (χ1) is 15.2. The molecule has 3 aromatic rings. The van der Waals surface area contributed by atoms with Gasteiger partial charge >= 0.3 is 5.97 Å². The number of nitrogens with one attached hydrogen (secondary N) is 2. The van der Waals surface area contributed by atoms with Gasteiger partial charge in [0, 0.05) is 9.50 Å². The number of hydrogen-bond acceptors (Lipinski definition) is 5. The van der Waals surface area contributed by atoms with E-state index in [2.05, 4.69) is 26.0 Å². The van der Waals surface area contributed by atoms with Gasteiger partial charge in [0.05, 0.1) is 30.3 Å². The molecule has 168 valence electrons. The molecule has 0 aliphatic heterocycles. The molecule has 32 heavy (non-hydrogen) atoms. The van der Waals surface area contributed by atoms with Crippen molar-refractivity contribution in [1.29, 1.82) is 0 Å². The van der Waals surface area contributed by atoms with Crippen molar-refractivity contribution in [2.45, 2.75) is 17.9 Å². The van der Waals surface area contributed by atoms with Gasteiger partial charge in [-0.25, -0.2) is 8.42 Å². The smallest absolute Gasteiger partial charge is 0.319 e. The van der Waals surface area contributed by atoms with Crippen molar-refractivity contribution in [2.24, 2.45) is 0 Å². The summed E-state index contributed by atoms with van der Waals surface area (Å²) in [6.45, 7) is 1.64. The van der Waals surface area contributed by atoms with E-state index in [0.717, 1.165) is 4.47 Å². The number of carbonyl (C=O) groups is 1. The highest BCUT2D eigenvalue weighted by molar-refractivity contribution is 9.10. The van der Waals surface area contributed by atoms with E-state index < -0.39 is 22.0 Å². The largest absolute Gasteiger partial charge is 0.468 e. The van der Waals surface area contributed by atoms with E-state index in [0.29, 0.717) is 27.4 Å². The van der Waals surface area contributed by atoms with Gasteiger partial charge in [0.2, 0.25) is 0 Å². The summed E-state index contributed by atoms with van der Waals surface area (Å²) < 4.78 is 34.5. The first kappa shape index (κ1) is 24.3. The van der Waals surface area contributed by atoms with Crippen LogP contribution in [0.3, 0.4) is 0 Å². The molecule has 2 N–H and O–H groups in total. The number of ether oxygens (including phenoxy) is 1. The summed E-state index contributed by atoms with van der Waals surface area (Å²) in [6.07, 6.45) is 0. The van der Waals surface area contributed by atoms with Crippen LogP contribution in [0, 0.1) is 6.92 Å². The maximum atomic E-state index is 13.2. The third-order valence-corrected chi connectivity index (χ3v) is 7.21. The van der Waals surface area contributed by atoms with Gasteiger partial charge < -0.3 is 4.74 Å². The maximum absolute atomic E-state index is 13.2. The molecule has 0 unspecified atom stereocenters. The SMILES string of the molecule is COC(=O)CN[C@H](c1ccccc1Cl)c1cc(Br)ccc1NS(=O)(=O)c1ccccc1C. The first-order valence-corrected chi connectivity index (χ1v) is 12.3. The normalized spacial score (nSPS) is 12.2. The lowest BCUT2D eigenvalue weighted by molar-refractivity contribution is -0.139. The van der Waals surface area contributed by atoms with Gasteiger partial charge in [-0.3, -0.25) is 14.8 Å². The lowest BCUT2D eigenvalue weighted by atomic mass is 9.97. The summed E-state index contributed by atoms with van der Waals surface area (Å²) in [5.41, 5.74) is 2.27. The van der Waals surface area contributed by atoms with Crippen molar-refractivity contribution in [3.63, 3.8) is 0 Å². The Hall–Kier alpha value is -2.39. The number of benzene rings is 3. The number of rotatable bonds is 8. The van der Waals surface area contributed by atoms with E-state index in [1.54, 1.807) is 61.5 Å². The Kier molecular flexibility index (Phi) is 7.95. The van der Waals surface area contributed by atoms with E-state index in [-0.39, 0.29) is 11.4 Å². The van der Waals surface area contributed by atoms with E-state index in [4.69, 9.17) is 16.3 Å². The van der Waals surface area contributed by atoms with E-state index in [9.17, 15) is 13.2 Å². The summed E-state index contributed by atoms with van der Waals surface area (Å²) in [7, 11) is -2.56. The Morgan fingerprint density at radius 1 is 1.06 bits per heavy atom. The Balaban J connectivity index is 2.09. The summed E-state index contributed by atoms with van der Waals surface area (Å²) >= 11 is 9.91. The molecule has 0 amide bonds. The van der Waals surface area contributed by atoms with Crippen LogP contribution in [0.25, 0.3) is 0 Å². The van der Waals surface area contributed by atoms with Crippen LogP contribution in [0.1, 0.15) is 22.7 Å². The number of sulfonamides is 1. The third kappa shape index (κ3) is 5.69. The number of anilines is 1. The van der Waals surface area contributed by atoms with Crippen molar-refractivity contribution in [3.8, 4) is 0 Å². The van der Waals surface area contributed by atoms with Crippen LogP contribution in [-0.4, -0.2) is 28.0 Å². The van der Waals surface area contributed by atoms with Gasteiger partial charge in [0.25, 0.3) is 10.0 Å². The average Bonchev–Trinajstić information content (AvgIpc) is 2.76. The average molecular weight is 538 g/mol. The number of hydrogen-bond donors (Lipinski definition) is 2. The maximum Gasteiger partial charge on any atom is 0.319 e. The molecule has 0 bridgehead atoms. The molecule has 0 saturated carbocycles. The quantitative estimate of drug-likeness (QED) is 0.392. The Morgan fingerprint density at radius 3 is 2.44 bits per heavy atom. The summed E-state index contributed by atoms with van der Waals surface area (Å²) in [5.74, 6) is -0.459. The van der Waals surface area contributed by atoms with Crippen molar-refractivity contribution in [2.75, 3.05) is 18.4 Å². The second-order valence-electron chi connectivity index (χ2n) is 7.01. The number of carbonyl (C=O) groups excluding carboxylic acids is 1. The first-order valence-electron chi connectivity index (χ1n) is 9.65. The Labute approximate surface area is 201 Å². The highest BCUT2D eigenvalue weighted by Gasteiger charge is 2.24. The van der Waals surface area contributed by atoms with Gasteiger partial charge in [0.1, 0.15) is 0 Å². The van der Waals surface area contributed by atoms with Crippen LogP contribution in [0.4, 0.5) is 5.69 Å². The zero-order valence-electron chi connectivity index (χ0n) is 17.4. The molecular formula is C23H22BrClN2O4S. The van der Waals surface area contributed by atoms with Crippen LogP contribution in [0.15, 0.2) is 76.1 Å². The second-order valence-corrected chi connectivity index (χ2v) is 9.99. The summed E-state index contributed by atoms with van der Waals surface area (Å²) in [6, 6.07) is 18.5. The van der Waals surface area contributed by atoms with Gasteiger partial charge in [-0.2, -0.15) is 0 Å². The predicted octanol–water partition coefficient (Wildman–Crippen LogP) is 5.06. The monoisotopic (exact) mass is 536 g/mol. The van der Waals surface area contributed by atoms with Crippen LogP contribution in [0.2, 0.25) is 5.02 Å². The number of methoxy groups -OCH3 is 1. The molecule has 3 rings (SSSR count). The predicted molar refractivity (Wildman–Crippen MR) is 129 cm³/mol. The third-order valence-electron chi connectivity index (χ3n) is 4.85. The van der Waals surface area contributed by atoms with E-state index in [1.807, 2.05) is 12.1 Å². The van der Waals surface area contributed by atoms with Gasteiger partial charge in [-0.1, -0.05) is 63.9 Å². The Bertz CT molecular complexity index is 1230. The van der Waals surface area contributed by atoms with E-state index >= 15 is 0 Å². The lowest BCUT2D eigenvalue weighted by Crippen LogP contribution is -2.30. The minimum absolute atomic E-state index is 0.0944. The fourth-order valence-corrected chi connectivity index (χ4v) is 5.24. The fourth-order valence-electron chi connectivity index (χ4n) is 3.28. The number of esters is 1. The molecule has 3 aromatic carbocycles. The number of aryl methyl sites for hydroxylation is 1. The lowest BCUT2D eigenvalue weighted by Gasteiger charge is -2.24. The molecular weight excluding hydrogens is 516 g/mol. The van der Waals surface area contributed by atoms with Crippen molar-refractivity contribution < 1.29 is 17.9 Å². The molecule has 0 radical (unpaired) electrons. The van der Waals surface area contributed by atoms with E-state index in [1.165, 1.54) is 7.11 Å². The minimum atomic E-state index is -3.86. The molecule has 0 heterocycles. The van der Waals surface area contributed by atoms with Crippen molar-refractivity contribution in [1.82, 2.24) is 5.32 Å². The van der Waals surface area contributed by atoms with Crippen LogP contribution < -0.4 is 10.0 Å². The van der Waals surface area contributed by atoms with Crippen molar-refractivity contribution >= 4 is 49.2 Å². The molecule has 0 fully saturated rings. The highest BCUT2D eigenvalue weighted by Crippen LogP contribution is 2.35. The molecule has 9 heteroatoms. The second kappa shape index (κ2) is 10.5.